The molecule has 1 aliphatic rings. The Hall–Kier alpha value is -0.160. The Morgan fingerprint density at radius 1 is 1.10 bits per heavy atom. The highest BCUT2D eigenvalue weighted by Gasteiger charge is 2.31. The molecule has 0 aromatic carbocycles. The van der Waals surface area contributed by atoms with Gasteiger partial charge in [-0.25, -0.2) is 0 Å². The van der Waals surface area contributed by atoms with Crippen molar-refractivity contribution in [2.45, 2.75) is 52.2 Å². The molecule has 1 fully saturated rings. The molecule has 0 saturated heterocycles. The minimum absolute atomic E-state index is 0.335. The van der Waals surface area contributed by atoms with Gasteiger partial charge in [-0.3, -0.25) is 0 Å². The first-order chi connectivity index (χ1) is 9.69. The molecule has 0 aliphatic heterocycles. The molecule has 0 aromatic heterocycles. The number of rotatable bonds is 10. The summed E-state index contributed by atoms with van der Waals surface area (Å²) in [5.74, 6) is 1.55. The van der Waals surface area contributed by atoms with Gasteiger partial charge in [-0.1, -0.05) is 20.8 Å². The summed E-state index contributed by atoms with van der Waals surface area (Å²) >= 11 is 0. The summed E-state index contributed by atoms with van der Waals surface area (Å²) in [7, 11) is 1.69. The lowest BCUT2D eigenvalue weighted by Gasteiger charge is -2.38. The van der Waals surface area contributed by atoms with Crippen molar-refractivity contribution in [3.63, 3.8) is 0 Å². The summed E-state index contributed by atoms with van der Waals surface area (Å²) in [5.41, 5.74) is 0. The van der Waals surface area contributed by atoms with Gasteiger partial charge in [0.15, 0.2) is 0 Å². The van der Waals surface area contributed by atoms with E-state index in [4.69, 9.17) is 14.2 Å². The molecule has 3 atom stereocenters. The molecule has 0 bridgehead atoms. The third-order valence-electron chi connectivity index (χ3n) is 4.23. The van der Waals surface area contributed by atoms with Gasteiger partial charge in [-0.05, 0) is 37.6 Å². The number of nitrogens with one attached hydrogen (secondary N) is 1. The molecular weight excluding hydrogens is 254 g/mol. The zero-order valence-electron chi connectivity index (χ0n) is 13.7. The van der Waals surface area contributed by atoms with Gasteiger partial charge in [-0.2, -0.15) is 0 Å². The lowest BCUT2D eigenvalue weighted by Crippen LogP contribution is -2.46. The average Bonchev–Trinajstić information content (AvgIpc) is 2.44. The molecule has 1 rings (SSSR count). The first kappa shape index (κ1) is 17.9. The number of hydrogen-bond acceptors (Lipinski definition) is 4. The standard InChI is InChI=1S/C16H33NO3/c1-5-17-15-7-6-14(13(2)3)12-16(15)20-11-10-19-9-8-18-4/h13-17H,5-12H2,1-4H3. The van der Waals surface area contributed by atoms with Gasteiger partial charge in [0.1, 0.15) is 0 Å². The zero-order chi connectivity index (χ0) is 14.8. The molecule has 20 heavy (non-hydrogen) atoms. The Labute approximate surface area is 124 Å². The van der Waals surface area contributed by atoms with Crippen molar-refractivity contribution in [3.05, 3.63) is 0 Å². The molecule has 0 heterocycles. The van der Waals surface area contributed by atoms with Crippen LogP contribution in [0.5, 0.6) is 0 Å². The first-order valence-corrected chi connectivity index (χ1v) is 8.10. The maximum Gasteiger partial charge on any atom is 0.0731 e. The van der Waals surface area contributed by atoms with E-state index in [9.17, 15) is 0 Å². The second kappa shape index (κ2) is 10.6. The Morgan fingerprint density at radius 2 is 1.85 bits per heavy atom. The van der Waals surface area contributed by atoms with E-state index in [1.54, 1.807) is 7.11 Å². The lowest BCUT2D eigenvalue weighted by atomic mass is 9.78. The SMILES string of the molecule is CCNC1CCC(C(C)C)CC1OCCOCCOC. The summed E-state index contributed by atoms with van der Waals surface area (Å²) in [6, 6.07) is 0.508. The molecule has 4 nitrogen and oxygen atoms in total. The van der Waals surface area contributed by atoms with Gasteiger partial charge < -0.3 is 19.5 Å². The van der Waals surface area contributed by atoms with Crippen LogP contribution in [0.3, 0.4) is 0 Å². The summed E-state index contributed by atoms with van der Waals surface area (Å²) in [4.78, 5) is 0. The van der Waals surface area contributed by atoms with Gasteiger partial charge in [0.25, 0.3) is 0 Å². The topological polar surface area (TPSA) is 39.7 Å². The Bertz CT molecular complexity index is 236. The highest BCUT2D eigenvalue weighted by atomic mass is 16.5. The summed E-state index contributed by atoms with van der Waals surface area (Å²) < 4.78 is 16.5. The summed E-state index contributed by atoms with van der Waals surface area (Å²) in [5, 5.41) is 3.57. The Balaban J connectivity index is 2.28. The van der Waals surface area contributed by atoms with Crippen LogP contribution in [0.4, 0.5) is 0 Å². The van der Waals surface area contributed by atoms with E-state index >= 15 is 0 Å². The van der Waals surface area contributed by atoms with Gasteiger partial charge >= 0.3 is 0 Å². The van der Waals surface area contributed by atoms with Crippen LogP contribution in [0.15, 0.2) is 0 Å². The van der Waals surface area contributed by atoms with Crippen LogP contribution in [0.25, 0.3) is 0 Å². The predicted octanol–water partition coefficient (Wildman–Crippen LogP) is 2.47. The molecule has 1 saturated carbocycles. The van der Waals surface area contributed by atoms with Crippen LogP contribution in [0, 0.1) is 11.8 Å². The van der Waals surface area contributed by atoms with Crippen LogP contribution in [0.2, 0.25) is 0 Å². The third kappa shape index (κ3) is 6.53. The van der Waals surface area contributed by atoms with Crippen LogP contribution in [-0.4, -0.2) is 52.2 Å². The highest BCUT2D eigenvalue weighted by Crippen LogP contribution is 2.31. The van der Waals surface area contributed by atoms with Crippen molar-refractivity contribution in [2.75, 3.05) is 40.1 Å². The van der Waals surface area contributed by atoms with E-state index < -0.39 is 0 Å². The number of hydrogen-bond donors (Lipinski definition) is 1. The summed E-state index contributed by atoms with van der Waals surface area (Å²) in [6.45, 7) is 10.5. The number of ether oxygens (including phenoxy) is 3. The quantitative estimate of drug-likeness (QED) is 0.627. The smallest absolute Gasteiger partial charge is 0.0731 e. The molecule has 0 aromatic rings. The molecule has 1 aliphatic carbocycles. The van der Waals surface area contributed by atoms with Crippen molar-refractivity contribution in [3.8, 4) is 0 Å². The fourth-order valence-electron chi connectivity index (χ4n) is 2.95. The molecule has 1 N–H and O–H groups in total. The monoisotopic (exact) mass is 287 g/mol. The maximum atomic E-state index is 6.08. The van der Waals surface area contributed by atoms with Crippen molar-refractivity contribution >= 4 is 0 Å². The molecule has 0 radical (unpaired) electrons. The lowest BCUT2D eigenvalue weighted by molar-refractivity contribution is -0.0445. The van der Waals surface area contributed by atoms with Crippen LogP contribution in [-0.2, 0) is 14.2 Å². The largest absolute Gasteiger partial charge is 0.382 e. The van der Waals surface area contributed by atoms with Crippen molar-refractivity contribution in [1.29, 1.82) is 0 Å². The van der Waals surface area contributed by atoms with E-state index in [1.807, 2.05) is 0 Å². The summed E-state index contributed by atoms with van der Waals surface area (Å²) in [6.07, 6.45) is 4.06. The molecule has 3 unspecified atom stereocenters. The first-order valence-electron chi connectivity index (χ1n) is 8.10. The van der Waals surface area contributed by atoms with Crippen LogP contribution < -0.4 is 5.32 Å². The van der Waals surface area contributed by atoms with Gasteiger partial charge in [0.2, 0.25) is 0 Å². The van der Waals surface area contributed by atoms with Gasteiger partial charge in [0.05, 0.1) is 32.5 Å². The van der Waals surface area contributed by atoms with Crippen molar-refractivity contribution in [2.24, 2.45) is 11.8 Å². The molecule has 0 spiro atoms. The Morgan fingerprint density at radius 3 is 2.50 bits per heavy atom. The van der Waals surface area contributed by atoms with Crippen LogP contribution in [0.1, 0.15) is 40.0 Å². The molecule has 0 amide bonds. The minimum Gasteiger partial charge on any atom is -0.382 e. The average molecular weight is 287 g/mol. The van der Waals surface area contributed by atoms with E-state index in [2.05, 4.69) is 26.1 Å². The second-order valence-electron chi connectivity index (χ2n) is 6.00. The minimum atomic E-state index is 0.335. The van der Waals surface area contributed by atoms with E-state index in [0.29, 0.717) is 38.6 Å². The van der Waals surface area contributed by atoms with Gasteiger partial charge in [0, 0.05) is 13.2 Å². The van der Waals surface area contributed by atoms with E-state index in [1.165, 1.54) is 19.3 Å². The van der Waals surface area contributed by atoms with Gasteiger partial charge in [-0.15, -0.1) is 0 Å². The maximum absolute atomic E-state index is 6.08. The molecular formula is C16H33NO3. The zero-order valence-corrected chi connectivity index (χ0v) is 13.7. The normalized spacial score (nSPS) is 27.1. The Kier molecular flexibility index (Phi) is 9.44. The highest BCUT2D eigenvalue weighted by molar-refractivity contribution is 4.86. The second-order valence-corrected chi connectivity index (χ2v) is 6.00. The number of methoxy groups -OCH3 is 1. The van der Waals surface area contributed by atoms with Crippen molar-refractivity contribution < 1.29 is 14.2 Å². The van der Waals surface area contributed by atoms with E-state index in [0.717, 1.165) is 18.4 Å². The van der Waals surface area contributed by atoms with E-state index in [-0.39, 0.29) is 0 Å². The number of likely N-dealkylation sites (N-methyl/N-ethyl adjacent to an activating group) is 1. The van der Waals surface area contributed by atoms with Crippen molar-refractivity contribution in [1.82, 2.24) is 5.32 Å². The molecule has 120 valence electrons. The molecule has 4 heteroatoms. The van der Waals surface area contributed by atoms with Crippen LogP contribution >= 0.6 is 0 Å². The third-order valence-corrected chi connectivity index (χ3v) is 4.23. The fraction of sp³-hybridized carbons (Fsp3) is 1.00. The predicted molar refractivity (Wildman–Crippen MR) is 82.1 cm³/mol. The fourth-order valence-corrected chi connectivity index (χ4v) is 2.95.